The van der Waals surface area contributed by atoms with Gasteiger partial charge in [-0.05, 0) is 38.5 Å². The predicted molar refractivity (Wildman–Crippen MR) is 102 cm³/mol. The summed E-state index contributed by atoms with van der Waals surface area (Å²) in [5, 5.41) is 8.56. The number of thiol groups is 1. The molecule has 0 spiro atoms. The molecule has 7 heteroatoms. The van der Waals surface area contributed by atoms with E-state index in [9.17, 15) is 14.4 Å². The van der Waals surface area contributed by atoms with Gasteiger partial charge in [-0.15, -0.1) is 0 Å². The Hall–Kier alpha value is -1.50. The Balaban J connectivity index is 2.40. The molecule has 1 aliphatic carbocycles. The van der Waals surface area contributed by atoms with Crippen molar-refractivity contribution in [3.63, 3.8) is 0 Å². The molecule has 142 valence electrons. The van der Waals surface area contributed by atoms with Gasteiger partial charge in [0.25, 0.3) is 0 Å². The van der Waals surface area contributed by atoms with Crippen LogP contribution < -0.4 is 16.0 Å². The van der Waals surface area contributed by atoms with Crippen molar-refractivity contribution in [3.05, 3.63) is 12.2 Å². The van der Waals surface area contributed by atoms with Gasteiger partial charge in [0.2, 0.25) is 17.7 Å². The lowest BCUT2D eigenvalue weighted by Crippen LogP contribution is -2.48. The van der Waals surface area contributed by atoms with E-state index in [4.69, 9.17) is 0 Å². The molecule has 1 saturated carbocycles. The average molecular weight is 370 g/mol. The molecule has 0 aromatic rings. The van der Waals surface area contributed by atoms with E-state index in [0.717, 1.165) is 31.3 Å². The highest BCUT2D eigenvalue weighted by molar-refractivity contribution is 7.80. The number of hydrogen-bond acceptors (Lipinski definition) is 4. The summed E-state index contributed by atoms with van der Waals surface area (Å²) in [6.07, 6.45) is 3.48. The van der Waals surface area contributed by atoms with Crippen LogP contribution in [0.4, 0.5) is 0 Å². The number of rotatable bonds is 9. The highest BCUT2D eigenvalue weighted by atomic mass is 32.1. The van der Waals surface area contributed by atoms with E-state index in [-0.39, 0.29) is 35.4 Å². The molecule has 4 atom stereocenters. The lowest BCUT2D eigenvalue weighted by molar-refractivity contribution is -0.127. The van der Waals surface area contributed by atoms with Crippen LogP contribution in [0.3, 0.4) is 0 Å². The molecule has 3 N–H and O–H groups in total. The van der Waals surface area contributed by atoms with E-state index in [1.807, 2.05) is 13.8 Å². The first kappa shape index (κ1) is 21.5. The van der Waals surface area contributed by atoms with Crippen LogP contribution in [0.1, 0.15) is 46.5 Å². The van der Waals surface area contributed by atoms with Crippen LogP contribution in [0.25, 0.3) is 0 Å². The van der Waals surface area contributed by atoms with Gasteiger partial charge in [0, 0.05) is 25.3 Å². The molecular formula is C18H31N3O3S. The van der Waals surface area contributed by atoms with Gasteiger partial charge in [-0.25, -0.2) is 0 Å². The van der Waals surface area contributed by atoms with Gasteiger partial charge < -0.3 is 16.0 Å². The Morgan fingerprint density at radius 1 is 1.20 bits per heavy atom. The first-order chi connectivity index (χ1) is 11.8. The van der Waals surface area contributed by atoms with Crippen molar-refractivity contribution >= 4 is 30.4 Å². The maximum Gasteiger partial charge on any atom is 0.243 e. The highest BCUT2D eigenvalue weighted by Crippen LogP contribution is 2.26. The van der Waals surface area contributed by atoms with Gasteiger partial charge in [-0.3, -0.25) is 14.4 Å². The first-order valence-corrected chi connectivity index (χ1v) is 9.53. The predicted octanol–water partition coefficient (Wildman–Crippen LogP) is 1.42. The van der Waals surface area contributed by atoms with Crippen LogP contribution in [-0.2, 0) is 14.4 Å². The summed E-state index contributed by atoms with van der Waals surface area (Å²) < 4.78 is 0. The minimum atomic E-state index is -0.612. The van der Waals surface area contributed by atoms with Crippen molar-refractivity contribution in [1.82, 2.24) is 16.0 Å². The zero-order valence-electron chi connectivity index (χ0n) is 15.4. The molecule has 0 aromatic carbocycles. The molecule has 1 rings (SSSR count). The Morgan fingerprint density at radius 2 is 1.88 bits per heavy atom. The lowest BCUT2D eigenvalue weighted by atomic mass is 9.97. The summed E-state index contributed by atoms with van der Waals surface area (Å²) in [7, 11) is 0. The third-order valence-electron chi connectivity index (χ3n) is 4.65. The van der Waals surface area contributed by atoms with Gasteiger partial charge in [0.1, 0.15) is 6.04 Å². The number of hydrogen-bond donors (Lipinski definition) is 4. The SMILES string of the molecule is C=C(C)C(CC)C(=O)NC1CCC(CNC(=O)C(CS)NC(C)=O)C1. The number of carbonyl (C=O) groups excluding carboxylic acids is 3. The molecule has 0 aliphatic heterocycles. The minimum absolute atomic E-state index is 0.0467. The molecule has 4 unspecified atom stereocenters. The molecule has 25 heavy (non-hydrogen) atoms. The molecule has 6 nitrogen and oxygen atoms in total. The van der Waals surface area contributed by atoms with Crippen LogP contribution in [-0.4, -0.2) is 42.1 Å². The van der Waals surface area contributed by atoms with Crippen molar-refractivity contribution in [1.29, 1.82) is 0 Å². The van der Waals surface area contributed by atoms with Gasteiger partial charge in [0.05, 0.1) is 5.92 Å². The van der Waals surface area contributed by atoms with E-state index in [2.05, 4.69) is 35.2 Å². The van der Waals surface area contributed by atoms with E-state index >= 15 is 0 Å². The van der Waals surface area contributed by atoms with Gasteiger partial charge in [-0.2, -0.15) is 12.6 Å². The van der Waals surface area contributed by atoms with Gasteiger partial charge >= 0.3 is 0 Å². The largest absolute Gasteiger partial charge is 0.354 e. The Kier molecular flexibility index (Phi) is 9.03. The van der Waals surface area contributed by atoms with Crippen molar-refractivity contribution in [2.45, 2.75) is 58.5 Å². The van der Waals surface area contributed by atoms with Crippen molar-refractivity contribution in [3.8, 4) is 0 Å². The monoisotopic (exact) mass is 369 g/mol. The molecule has 0 saturated heterocycles. The summed E-state index contributed by atoms with van der Waals surface area (Å²) >= 11 is 4.10. The highest BCUT2D eigenvalue weighted by Gasteiger charge is 2.29. The Bertz CT molecular complexity index is 510. The van der Waals surface area contributed by atoms with Crippen LogP contribution >= 0.6 is 12.6 Å². The van der Waals surface area contributed by atoms with Crippen molar-refractivity contribution in [2.24, 2.45) is 11.8 Å². The topological polar surface area (TPSA) is 87.3 Å². The zero-order valence-corrected chi connectivity index (χ0v) is 16.3. The van der Waals surface area contributed by atoms with E-state index in [1.165, 1.54) is 6.92 Å². The smallest absolute Gasteiger partial charge is 0.243 e. The fourth-order valence-corrected chi connectivity index (χ4v) is 3.52. The Morgan fingerprint density at radius 3 is 2.40 bits per heavy atom. The number of nitrogens with one attached hydrogen (secondary N) is 3. The van der Waals surface area contributed by atoms with Crippen LogP contribution in [0.2, 0.25) is 0 Å². The fraction of sp³-hybridized carbons (Fsp3) is 0.722. The fourth-order valence-electron chi connectivity index (χ4n) is 3.26. The Labute approximate surface area is 156 Å². The average Bonchev–Trinajstić information content (AvgIpc) is 2.97. The number of carbonyl (C=O) groups is 3. The van der Waals surface area contributed by atoms with Crippen molar-refractivity contribution in [2.75, 3.05) is 12.3 Å². The van der Waals surface area contributed by atoms with Gasteiger partial charge in [-0.1, -0.05) is 19.1 Å². The first-order valence-electron chi connectivity index (χ1n) is 8.89. The normalized spacial score (nSPS) is 21.9. The molecule has 1 aliphatic rings. The van der Waals surface area contributed by atoms with Crippen molar-refractivity contribution < 1.29 is 14.4 Å². The summed E-state index contributed by atoms with van der Waals surface area (Å²) in [5.74, 6) is 0.0376. The molecule has 0 radical (unpaired) electrons. The maximum atomic E-state index is 12.3. The summed E-state index contributed by atoms with van der Waals surface area (Å²) in [5.41, 5.74) is 0.887. The van der Waals surface area contributed by atoms with E-state index in [0.29, 0.717) is 12.5 Å². The summed E-state index contributed by atoms with van der Waals surface area (Å²) in [4.78, 5) is 35.4. The standard InChI is InChI=1S/C18H31N3O3S/c1-5-15(11(2)3)17(23)21-14-7-6-13(8-14)9-19-18(24)16(10-25)20-12(4)22/h13-16,25H,2,5-10H2,1,3-4H3,(H,19,24)(H,20,22)(H,21,23). The molecular weight excluding hydrogens is 338 g/mol. The third kappa shape index (κ3) is 7.10. The molecule has 0 aromatic heterocycles. The quantitative estimate of drug-likeness (QED) is 0.366. The van der Waals surface area contributed by atoms with Crippen LogP contribution in [0, 0.1) is 11.8 Å². The lowest BCUT2D eigenvalue weighted by Gasteiger charge is -2.20. The van der Waals surface area contributed by atoms with Gasteiger partial charge in [0.15, 0.2) is 0 Å². The molecule has 1 fully saturated rings. The molecule has 0 bridgehead atoms. The minimum Gasteiger partial charge on any atom is -0.354 e. The second-order valence-corrected chi connectivity index (χ2v) is 7.24. The zero-order chi connectivity index (χ0) is 19.0. The third-order valence-corrected chi connectivity index (χ3v) is 5.01. The van der Waals surface area contributed by atoms with E-state index in [1.54, 1.807) is 0 Å². The number of amides is 3. The van der Waals surface area contributed by atoms with E-state index < -0.39 is 6.04 Å². The molecule has 3 amide bonds. The second kappa shape index (κ2) is 10.5. The summed E-state index contributed by atoms with van der Waals surface area (Å²) in [6, 6.07) is -0.461. The second-order valence-electron chi connectivity index (χ2n) is 6.87. The summed E-state index contributed by atoms with van der Waals surface area (Å²) in [6.45, 7) is 9.68. The van der Waals surface area contributed by atoms with Crippen LogP contribution in [0.15, 0.2) is 12.2 Å². The maximum absolute atomic E-state index is 12.3. The van der Waals surface area contributed by atoms with Crippen LogP contribution in [0.5, 0.6) is 0 Å². The molecule has 0 heterocycles.